The number of hydrogen-bond acceptors (Lipinski definition) is 2. The Labute approximate surface area is 90.5 Å². The average Bonchev–Trinajstić information content (AvgIpc) is 3.11. The maximum atomic E-state index is 5.34. The normalized spacial score (nSPS) is 14.5. The van der Waals surface area contributed by atoms with Crippen molar-refractivity contribution < 1.29 is 9.47 Å². The zero-order valence-corrected chi connectivity index (χ0v) is 9.19. The van der Waals surface area contributed by atoms with Crippen LogP contribution in [0.25, 0.3) is 5.57 Å². The number of hydrogen-bond donors (Lipinski definition) is 0. The Bertz CT molecular complexity index is 344. The zero-order valence-electron chi connectivity index (χ0n) is 9.19. The lowest BCUT2D eigenvalue weighted by Gasteiger charge is -2.17. The first-order valence-electron chi connectivity index (χ1n) is 5.19. The van der Waals surface area contributed by atoms with E-state index in [9.17, 15) is 0 Å². The van der Waals surface area contributed by atoms with Gasteiger partial charge in [-0.05, 0) is 18.4 Å². The molecule has 0 heterocycles. The molecule has 0 bridgehead atoms. The Kier molecular flexibility index (Phi) is 3.19. The molecule has 1 aromatic rings. The van der Waals surface area contributed by atoms with Gasteiger partial charge in [-0.2, -0.15) is 0 Å². The summed E-state index contributed by atoms with van der Waals surface area (Å²) in [5.74, 6) is 0. The van der Waals surface area contributed by atoms with Gasteiger partial charge in [-0.25, -0.2) is 0 Å². The third kappa shape index (κ3) is 2.28. The highest BCUT2D eigenvalue weighted by molar-refractivity contribution is 5.73. The topological polar surface area (TPSA) is 18.5 Å². The van der Waals surface area contributed by atoms with Gasteiger partial charge in [-0.1, -0.05) is 35.9 Å². The first kappa shape index (κ1) is 10.4. The predicted octanol–water partition coefficient (Wildman–Crippen LogP) is 2.85. The molecule has 0 atom stereocenters. The first-order chi connectivity index (χ1) is 7.36. The quantitative estimate of drug-likeness (QED) is 0.702. The molecule has 0 spiro atoms. The van der Waals surface area contributed by atoms with Crippen molar-refractivity contribution in [1.82, 2.24) is 0 Å². The lowest BCUT2D eigenvalue weighted by molar-refractivity contribution is -0.0591. The molecule has 0 radical (unpaired) electrons. The number of ether oxygens (including phenoxy) is 2. The Morgan fingerprint density at radius 3 is 2.13 bits per heavy atom. The minimum atomic E-state index is -0.232. The minimum Gasteiger partial charge on any atom is -0.352 e. The largest absolute Gasteiger partial charge is 0.352 e. The molecule has 15 heavy (non-hydrogen) atoms. The Hall–Kier alpha value is -1.12. The van der Waals surface area contributed by atoms with E-state index in [2.05, 4.69) is 12.1 Å². The molecular weight excluding hydrogens is 188 g/mol. The van der Waals surface area contributed by atoms with E-state index in [4.69, 9.17) is 9.47 Å². The fraction of sp³-hybridized carbons (Fsp3) is 0.385. The van der Waals surface area contributed by atoms with Crippen LogP contribution in [0.2, 0.25) is 0 Å². The summed E-state index contributed by atoms with van der Waals surface area (Å²) in [6, 6.07) is 10.3. The number of allylic oxidation sites excluding steroid dienone is 1. The molecule has 1 aliphatic rings. The second-order valence-electron chi connectivity index (χ2n) is 3.69. The fourth-order valence-electron chi connectivity index (χ4n) is 1.79. The van der Waals surface area contributed by atoms with E-state index in [1.165, 1.54) is 29.6 Å². The number of rotatable bonds is 4. The molecule has 1 aromatic carbocycles. The monoisotopic (exact) mass is 204 g/mol. The van der Waals surface area contributed by atoms with Crippen molar-refractivity contribution in [3.8, 4) is 0 Å². The van der Waals surface area contributed by atoms with Gasteiger partial charge in [0, 0.05) is 19.8 Å². The molecule has 0 saturated heterocycles. The highest BCUT2D eigenvalue weighted by Gasteiger charge is 2.25. The van der Waals surface area contributed by atoms with Crippen molar-refractivity contribution in [2.75, 3.05) is 14.2 Å². The summed E-state index contributed by atoms with van der Waals surface area (Å²) in [6.45, 7) is 0. The van der Waals surface area contributed by atoms with Gasteiger partial charge >= 0.3 is 0 Å². The van der Waals surface area contributed by atoms with Crippen LogP contribution in [0.1, 0.15) is 18.4 Å². The van der Waals surface area contributed by atoms with Crippen molar-refractivity contribution in [2.45, 2.75) is 19.1 Å². The summed E-state index contributed by atoms with van der Waals surface area (Å²) in [6.07, 6.45) is 2.12. The van der Waals surface area contributed by atoms with E-state index in [0.29, 0.717) is 0 Å². The first-order valence-corrected chi connectivity index (χ1v) is 5.19. The van der Waals surface area contributed by atoms with Gasteiger partial charge in [0.25, 0.3) is 0 Å². The summed E-state index contributed by atoms with van der Waals surface area (Å²) < 4.78 is 10.7. The molecule has 1 saturated carbocycles. The smallest absolute Gasteiger partial charge is 0.183 e. The number of benzene rings is 1. The molecule has 0 aromatic heterocycles. The summed E-state index contributed by atoms with van der Waals surface area (Å²) in [5, 5.41) is 0. The molecule has 2 nitrogen and oxygen atoms in total. The highest BCUT2D eigenvalue weighted by atomic mass is 16.7. The van der Waals surface area contributed by atoms with Gasteiger partial charge in [0.1, 0.15) is 0 Å². The second-order valence-corrected chi connectivity index (χ2v) is 3.69. The van der Waals surface area contributed by atoms with Crippen LogP contribution >= 0.6 is 0 Å². The lowest BCUT2D eigenvalue weighted by atomic mass is 10.0. The van der Waals surface area contributed by atoms with Gasteiger partial charge in [0.05, 0.1) is 0 Å². The van der Waals surface area contributed by atoms with E-state index in [0.717, 1.165) is 0 Å². The van der Waals surface area contributed by atoms with Crippen LogP contribution in [-0.4, -0.2) is 20.5 Å². The zero-order chi connectivity index (χ0) is 10.7. The SMILES string of the molecule is COC(OC)C(=C1CC1)c1ccccc1. The van der Waals surface area contributed by atoms with Gasteiger partial charge in [0.2, 0.25) is 0 Å². The minimum absolute atomic E-state index is 0.232. The molecule has 80 valence electrons. The molecule has 0 unspecified atom stereocenters. The summed E-state index contributed by atoms with van der Waals surface area (Å²) >= 11 is 0. The molecule has 2 rings (SSSR count). The summed E-state index contributed by atoms with van der Waals surface area (Å²) in [4.78, 5) is 0. The number of methoxy groups -OCH3 is 2. The van der Waals surface area contributed by atoms with E-state index in [-0.39, 0.29) is 6.29 Å². The lowest BCUT2D eigenvalue weighted by Crippen LogP contribution is -2.15. The summed E-state index contributed by atoms with van der Waals surface area (Å²) in [5.41, 5.74) is 3.87. The van der Waals surface area contributed by atoms with Gasteiger partial charge < -0.3 is 9.47 Å². The van der Waals surface area contributed by atoms with Crippen LogP contribution in [-0.2, 0) is 9.47 Å². The van der Waals surface area contributed by atoms with Crippen LogP contribution in [0, 0.1) is 0 Å². The van der Waals surface area contributed by atoms with Crippen molar-refractivity contribution in [3.63, 3.8) is 0 Å². The van der Waals surface area contributed by atoms with Crippen LogP contribution in [0.5, 0.6) is 0 Å². The van der Waals surface area contributed by atoms with E-state index >= 15 is 0 Å². The molecule has 1 aliphatic carbocycles. The third-order valence-electron chi connectivity index (χ3n) is 2.63. The molecule has 2 heteroatoms. The van der Waals surface area contributed by atoms with Crippen molar-refractivity contribution in [2.24, 2.45) is 0 Å². The fourth-order valence-corrected chi connectivity index (χ4v) is 1.79. The Morgan fingerprint density at radius 2 is 1.67 bits per heavy atom. The van der Waals surface area contributed by atoms with Gasteiger partial charge in [-0.3, -0.25) is 0 Å². The Morgan fingerprint density at radius 1 is 1.07 bits per heavy atom. The van der Waals surface area contributed by atoms with Crippen molar-refractivity contribution in [3.05, 3.63) is 41.5 Å². The van der Waals surface area contributed by atoms with Crippen LogP contribution in [0.3, 0.4) is 0 Å². The van der Waals surface area contributed by atoms with Crippen molar-refractivity contribution >= 4 is 5.57 Å². The van der Waals surface area contributed by atoms with E-state index < -0.39 is 0 Å². The Balaban J connectivity index is 2.34. The molecule has 1 fully saturated rings. The van der Waals surface area contributed by atoms with Crippen LogP contribution < -0.4 is 0 Å². The van der Waals surface area contributed by atoms with Gasteiger partial charge in [0.15, 0.2) is 6.29 Å². The second kappa shape index (κ2) is 4.60. The van der Waals surface area contributed by atoms with Crippen LogP contribution in [0.4, 0.5) is 0 Å². The maximum Gasteiger partial charge on any atom is 0.183 e. The maximum absolute atomic E-state index is 5.34. The molecular formula is C13H16O2. The molecule has 0 aliphatic heterocycles. The predicted molar refractivity (Wildman–Crippen MR) is 60.4 cm³/mol. The highest BCUT2D eigenvalue weighted by Crippen LogP contribution is 2.38. The van der Waals surface area contributed by atoms with Gasteiger partial charge in [-0.15, -0.1) is 0 Å². The van der Waals surface area contributed by atoms with Crippen molar-refractivity contribution in [1.29, 1.82) is 0 Å². The van der Waals surface area contributed by atoms with E-state index in [1.54, 1.807) is 14.2 Å². The van der Waals surface area contributed by atoms with Crippen LogP contribution in [0.15, 0.2) is 35.9 Å². The molecule has 0 N–H and O–H groups in total. The summed E-state index contributed by atoms with van der Waals surface area (Å²) in [7, 11) is 3.36. The third-order valence-corrected chi connectivity index (χ3v) is 2.63. The van der Waals surface area contributed by atoms with E-state index in [1.807, 2.05) is 18.2 Å². The molecule has 0 amide bonds. The standard InChI is InChI=1S/C13H16O2/c1-14-13(15-2)12(11-8-9-11)10-6-4-3-5-7-10/h3-7,13H,8-9H2,1-2H3. The average molecular weight is 204 g/mol.